The maximum atomic E-state index is 7.03. The summed E-state index contributed by atoms with van der Waals surface area (Å²) >= 11 is 0. The zero-order valence-electron chi connectivity index (χ0n) is 17.3. The molecule has 0 radical (unpaired) electrons. The Morgan fingerprint density at radius 3 is 1.71 bits per heavy atom. The third-order valence-corrected chi connectivity index (χ3v) is 6.29. The normalized spacial score (nSPS) is 17.7. The van der Waals surface area contributed by atoms with E-state index < -0.39 is 5.60 Å². The summed E-state index contributed by atoms with van der Waals surface area (Å²) < 4.78 is 13.6. The van der Waals surface area contributed by atoms with Gasteiger partial charge in [0, 0.05) is 21.9 Å². The minimum atomic E-state index is -0.715. The average molecular weight is 402 g/mol. The highest BCUT2D eigenvalue weighted by atomic mass is 16.6. The molecule has 2 nitrogen and oxygen atoms in total. The second-order valence-electron chi connectivity index (χ2n) is 8.20. The molecule has 0 aliphatic carbocycles. The molecular weight excluding hydrogens is 380 g/mol. The molecule has 0 saturated heterocycles. The standard InChI is InChI=1S/C29H22O2/c1-20-15-17-22(18-16-20)29(21-9-3-2-4-10-21)19-30-27-25-13-7-5-11-23(25)24-12-6-8-14-26(24)28(27)31-29/h2-18H,19H2,1H3. The van der Waals surface area contributed by atoms with Gasteiger partial charge in [-0.2, -0.15) is 0 Å². The third kappa shape index (κ3) is 2.72. The van der Waals surface area contributed by atoms with E-state index >= 15 is 0 Å². The zero-order valence-corrected chi connectivity index (χ0v) is 17.3. The molecule has 1 aliphatic rings. The molecule has 31 heavy (non-hydrogen) atoms. The molecule has 0 bridgehead atoms. The van der Waals surface area contributed by atoms with Crippen molar-refractivity contribution in [2.24, 2.45) is 0 Å². The number of hydrogen-bond acceptors (Lipinski definition) is 2. The van der Waals surface area contributed by atoms with Crippen molar-refractivity contribution in [3.8, 4) is 11.5 Å². The van der Waals surface area contributed by atoms with Gasteiger partial charge in [0.05, 0.1) is 0 Å². The fourth-order valence-electron chi connectivity index (χ4n) is 4.68. The van der Waals surface area contributed by atoms with Crippen LogP contribution in [0.2, 0.25) is 0 Å². The van der Waals surface area contributed by atoms with Crippen LogP contribution in [0.4, 0.5) is 0 Å². The lowest BCUT2D eigenvalue weighted by atomic mass is 9.85. The van der Waals surface area contributed by atoms with Crippen molar-refractivity contribution >= 4 is 21.5 Å². The Morgan fingerprint density at radius 2 is 1.06 bits per heavy atom. The Morgan fingerprint density at radius 1 is 0.548 bits per heavy atom. The van der Waals surface area contributed by atoms with Crippen LogP contribution in [-0.4, -0.2) is 6.61 Å². The van der Waals surface area contributed by atoms with Gasteiger partial charge in [0.2, 0.25) is 0 Å². The first-order valence-corrected chi connectivity index (χ1v) is 10.6. The van der Waals surface area contributed by atoms with Gasteiger partial charge in [-0.15, -0.1) is 0 Å². The second-order valence-corrected chi connectivity index (χ2v) is 8.20. The number of aryl methyl sites for hydroxylation is 1. The lowest BCUT2D eigenvalue weighted by molar-refractivity contribution is 0.0235. The van der Waals surface area contributed by atoms with Crippen LogP contribution in [0, 0.1) is 6.92 Å². The monoisotopic (exact) mass is 402 g/mol. The number of benzene rings is 5. The van der Waals surface area contributed by atoms with Crippen molar-refractivity contribution in [2.45, 2.75) is 12.5 Å². The van der Waals surface area contributed by atoms with E-state index in [1.54, 1.807) is 0 Å². The number of rotatable bonds is 2. The molecule has 1 aliphatic heterocycles. The molecule has 6 rings (SSSR count). The van der Waals surface area contributed by atoms with Crippen LogP contribution in [0.3, 0.4) is 0 Å². The molecule has 1 unspecified atom stereocenters. The highest BCUT2D eigenvalue weighted by Crippen LogP contribution is 2.50. The number of hydrogen-bond donors (Lipinski definition) is 0. The van der Waals surface area contributed by atoms with E-state index in [1.165, 1.54) is 16.3 Å². The van der Waals surface area contributed by atoms with E-state index in [4.69, 9.17) is 9.47 Å². The zero-order chi connectivity index (χ0) is 20.8. The Labute approximate surface area is 181 Å². The van der Waals surface area contributed by atoms with Crippen molar-refractivity contribution < 1.29 is 9.47 Å². The summed E-state index contributed by atoms with van der Waals surface area (Å²) in [5, 5.41) is 4.52. The number of ether oxygens (including phenoxy) is 2. The van der Waals surface area contributed by atoms with Gasteiger partial charge in [0.1, 0.15) is 6.61 Å². The average Bonchev–Trinajstić information content (AvgIpc) is 2.85. The smallest absolute Gasteiger partial charge is 0.193 e. The fourth-order valence-corrected chi connectivity index (χ4v) is 4.68. The van der Waals surface area contributed by atoms with E-state index in [9.17, 15) is 0 Å². The first-order chi connectivity index (χ1) is 15.3. The third-order valence-electron chi connectivity index (χ3n) is 6.29. The van der Waals surface area contributed by atoms with Crippen LogP contribution in [0.15, 0.2) is 103 Å². The van der Waals surface area contributed by atoms with Crippen LogP contribution in [0.1, 0.15) is 16.7 Å². The first kappa shape index (κ1) is 18.0. The molecular formula is C29H22O2. The van der Waals surface area contributed by atoms with Gasteiger partial charge in [-0.3, -0.25) is 0 Å². The lowest BCUT2D eigenvalue weighted by Gasteiger charge is -2.40. The Bertz CT molecular complexity index is 1400. The van der Waals surface area contributed by atoms with Crippen LogP contribution in [0.25, 0.3) is 21.5 Å². The first-order valence-electron chi connectivity index (χ1n) is 10.6. The largest absolute Gasteiger partial charge is 0.484 e. The van der Waals surface area contributed by atoms with Crippen LogP contribution in [0.5, 0.6) is 11.5 Å². The van der Waals surface area contributed by atoms with Gasteiger partial charge in [-0.05, 0) is 17.7 Å². The van der Waals surface area contributed by atoms with E-state index in [-0.39, 0.29) is 0 Å². The Hall–Kier alpha value is -3.78. The Balaban J connectivity index is 1.65. The van der Waals surface area contributed by atoms with E-state index in [1.807, 2.05) is 6.07 Å². The number of fused-ring (bicyclic) bond motifs is 6. The SMILES string of the molecule is Cc1ccc(C2(c3ccccc3)COc3c(c4ccccc4c4ccccc34)O2)cc1. The maximum absolute atomic E-state index is 7.03. The van der Waals surface area contributed by atoms with Gasteiger partial charge >= 0.3 is 0 Å². The van der Waals surface area contributed by atoms with Crippen molar-refractivity contribution in [3.05, 3.63) is 120 Å². The van der Waals surface area contributed by atoms with E-state index in [0.717, 1.165) is 33.4 Å². The predicted octanol–water partition coefficient (Wildman–Crippen LogP) is 7.02. The molecule has 0 saturated carbocycles. The van der Waals surface area contributed by atoms with Crippen LogP contribution < -0.4 is 9.47 Å². The molecule has 2 heteroatoms. The highest BCUT2D eigenvalue weighted by Gasteiger charge is 2.42. The molecule has 5 aromatic rings. The van der Waals surface area contributed by atoms with Crippen molar-refractivity contribution in [2.75, 3.05) is 6.61 Å². The van der Waals surface area contributed by atoms with E-state index in [0.29, 0.717) is 6.61 Å². The molecule has 1 atom stereocenters. The predicted molar refractivity (Wildman–Crippen MR) is 126 cm³/mol. The van der Waals surface area contributed by atoms with Gasteiger partial charge in [-0.25, -0.2) is 0 Å². The molecule has 0 spiro atoms. The maximum Gasteiger partial charge on any atom is 0.193 e. The van der Waals surface area contributed by atoms with Gasteiger partial charge < -0.3 is 9.47 Å². The fraction of sp³-hybridized carbons (Fsp3) is 0.103. The minimum Gasteiger partial charge on any atom is -0.484 e. The molecule has 5 aromatic carbocycles. The topological polar surface area (TPSA) is 18.5 Å². The van der Waals surface area contributed by atoms with Gasteiger partial charge in [-0.1, -0.05) is 109 Å². The summed E-state index contributed by atoms with van der Waals surface area (Å²) in [4.78, 5) is 0. The summed E-state index contributed by atoms with van der Waals surface area (Å²) in [6, 6.07) is 35.8. The quantitative estimate of drug-likeness (QED) is 0.296. The minimum absolute atomic E-state index is 0.412. The summed E-state index contributed by atoms with van der Waals surface area (Å²) in [5.41, 5.74) is 2.68. The lowest BCUT2D eigenvalue weighted by Crippen LogP contribution is -2.43. The molecule has 1 heterocycles. The Kier molecular flexibility index (Phi) is 4.00. The molecule has 0 aromatic heterocycles. The highest BCUT2D eigenvalue weighted by molar-refractivity contribution is 6.13. The molecule has 0 amide bonds. The van der Waals surface area contributed by atoms with Gasteiger partial charge in [0.15, 0.2) is 17.1 Å². The van der Waals surface area contributed by atoms with Gasteiger partial charge in [0.25, 0.3) is 0 Å². The van der Waals surface area contributed by atoms with E-state index in [2.05, 4.69) is 104 Å². The summed E-state index contributed by atoms with van der Waals surface area (Å²) in [6.45, 7) is 2.52. The van der Waals surface area contributed by atoms with Crippen molar-refractivity contribution in [1.82, 2.24) is 0 Å². The van der Waals surface area contributed by atoms with Crippen LogP contribution in [-0.2, 0) is 5.60 Å². The van der Waals surface area contributed by atoms with Crippen molar-refractivity contribution in [1.29, 1.82) is 0 Å². The molecule has 0 N–H and O–H groups in total. The van der Waals surface area contributed by atoms with Crippen molar-refractivity contribution in [3.63, 3.8) is 0 Å². The molecule has 150 valence electrons. The summed E-state index contributed by atoms with van der Waals surface area (Å²) in [6.07, 6.45) is 0. The second kappa shape index (κ2) is 6.88. The molecule has 0 fully saturated rings. The summed E-state index contributed by atoms with van der Waals surface area (Å²) in [5.74, 6) is 1.64. The summed E-state index contributed by atoms with van der Waals surface area (Å²) in [7, 11) is 0. The van der Waals surface area contributed by atoms with Crippen LogP contribution >= 0.6 is 0 Å².